The van der Waals surface area contributed by atoms with E-state index in [0.717, 1.165) is 4.88 Å². The van der Waals surface area contributed by atoms with Gasteiger partial charge in [0, 0.05) is 17.1 Å². The summed E-state index contributed by atoms with van der Waals surface area (Å²) >= 11 is 1.32. The van der Waals surface area contributed by atoms with Crippen LogP contribution in [0.1, 0.15) is 14.5 Å². The van der Waals surface area contributed by atoms with Gasteiger partial charge in [-0.1, -0.05) is 6.07 Å². The molecule has 1 amide bonds. The van der Waals surface area contributed by atoms with Gasteiger partial charge in [0.1, 0.15) is 0 Å². The van der Waals surface area contributed by atoms with Gasteiger partial charge >= 0.3 is 0 Å². The van der Waals surface area contributed by atoms with Gasteiger partial charge < -0.3 is 4.57 Å². The van der Waals surface area contributed by atoms with Crippen LogP contribution in [-0.4, -0.2) is 10.5 Å². The average molecular weight is 249 g/mol. The Labute approximate surface area is 101 Å². The van der Waals surface area contributed by atoms with Gasteiger partial charge in [-0.3, -0.25) is 15.0 Å². The fourth-order valence-corrected chi connectivity index (χ4v) is 2.33. The lowest BCUT2D eigenvalue weighted by Crippen LogP contribution is -2.29. The highest BCUT2D eigenvalue weighted by Gasteiger charge is 2.07. The first-order valence-electron chi connectivity index (χ1n) is 4.96. The summed E-state index contributed by atoms with van der Waals surface area (Å²) in [4.78, 5) is 24.2. The molecule has 0 atom stereocenters. The quantitative estimate of drug-likeness (QED) is 0.474. The second kappa shape index (κ2) is 4.94. The van der Waals surface area contributed by atoms with E-state index in [0.29, 0.717) is 11.4 Å². The molecule has 2 rings (SSSR count). The number of carbonyl (C=O) groups is 1. The SMILES string of the molecule is NNC(=O)c1ccc(Cn2ccccc2=O)s1. The molecule has 2 heterocycles. The second-order valence-corrected chi connectivity index (χ2v) is 4.57. The number of rotatable bonds is 3. The Morgan fingerprint density at radius 2 is 2.18 bits per heavy atom. The largest absolute Gasteiger partial charge is 0.310 e. The Kier molecular flexibility index (Phi) is 3.36. The number of amides is 1. The maximum Gasteiger partial charge on any atom is 0.275 e. The van der Waals surface area contributed by atoms with Crippen molar-refractivity contribution in [3.8, 4) is 0 Å². The highest BCUT2D eigenvalue weighted by Crippen LogP contribution is 2.16. The number of hydrogen-bond acceptors (Lipinski definition) is 4. The maximum atomic E-state index is 11.5. The van der Waals surface area contributed by atoms with E-state index in [4.69, 9.17) is 5.84 Å². The number of thiophene rings is 1. The molecule has 0 unspecified atom stereocenters. The van der Waals surface area contributed by atoms with Crippen molar-refractivity contribution in [2.75, 3.05) is 0 Å². The minimum Gasteiger partial charge on any atom is -0.310 e. The Hall–Kier alpha value is -1.92. The lowest BCUT2D eigenvalue weighted by atomic mass is 10.4. The zero-order chi connectivity index (χ0) is 12.3. The van der Waals surface area contributed by atoms with E-state index in [1.54, 1.807) is 29.0 Å². The van der Waals surface area contributed by atoms with Crippen molar-refractivity contribution < 1.29 is 4.79 Å². The third-order valence-electron chi connectivity index (χ3n) is 2.24. The van der Waals surface area contributed by atoms with Gasteiger partial charge in [-0.15, -0.1) is 11.3 Å². The van der Waals surface area contributed by atoms with Crippen molar-refractivity contribution in [3.05, 3.63) is 56.6 Å². The molecule has 17 heavy (non-hydrogen) atoms. The molecule has 0 saturated carbocycles. The van der Waals surface area contributed by atoms with E-state index < -0.39 is 0 Å². The van der Waals surface area contributed by atoms with E-state index in [-0.39, 0.29) is 11.5 Å². The van der Waals surface area contributed by atoms with Gasteiger partial charge in [-0.25, -0.2) is 5.84 Å². The molecule has 2 aromatic heterocycles. The smallest absolute Gasteiger partial charge is 0.275 e. The van der Waals surface area contributed by atoms with Crippen LogP contribution in [0.5, 0.6) is 0 Å². The summed E-state index contributed by atoms with van der Waals surface area (Å²) in [5, 5.41) is 0. The summed E-state index contributed by atoms with van der Waals surface area (Å²) in [7, 11) is 0. The molecule has 2 aromatic rings. The molecule has 0 aliphatic rings. The normalized spacial score (nSPS) is 10.2. The fraction of sp³-hybridized carbons (Fsp3) is 0.0909. The number of nitrogens with one attached hydrogen (secondary N) is 1. The highest BCUT2D eigenvalue weighted by molar-refractivity contribution is 7.14. The predicted molar refractivity (Wildman–Crippen MR) is 65.8 cm³/mol. The summed E-state index contributed by atoms with van der Waals surface area (Å²) in [6, 6.07) is 8.50. The number of hydrazine groups is 1. The van der Waals surface area contributed by atoms with Crippen LogP contribution in [0, 0.1) is 0 Å². The molecule has 5 nitrogen and oxygen atoms in total. The number of hydrogen-bond donors (Lipinski definition) is 2. The zero-order valence-electron chi connectivity index (χ0n) is 8.92. The summed E-state index contributed by atoms with van der Waals surface area (Å²) in [5.41, 5.74) is 2.01. The first kappa shape index (κ1) is 11.6. The van der Waals surface area contributed by atoms with Crippen LogP contribution in [0.3, 0.4) is 0 Å². The summed E-state index contributed by atoms with van der Waals surface area (Å²) in [5.74, 6) is 4.72. The molecular formula is C11H11N3O2S. The van der Waals surface area contributed by atoms with Crippen molar-refractivity contribution in [2.45, 2.75) is 6.54 Å². The fourth-order valence-electron chi connectivity index (χ4n) is 1.42. The molecule has 0 aromatic carbocycles. The van der Waals surface area contributed by atoms with Gasteiger partial charge in [0.25, 0.3) is 11.5 Å². The van der Waals surface area contributed by atoms with E-state index in [2.05, 4.69) is 5.43 Å². The van der Waals surface area contributed by atoms with Crippen molar-refractivity contribution in [2.24, 2.45) is 5.84 Å². The highest BCUT2D eigenvalue weighted by atomic mass is 32.1. The Balaban J connectivity index is 2.20. The van der Waals surface area contributed by atoms with Crippen LogP contribution in [-0.2, 0) is 6.54 Å². The first-order chi connectivity index (χ1) is 8.20. The Morgan fingerprint density at radius 1 is 1.35 bits per heavy atom. The summed E-state index contributed by atoms with van der Waals surface area (Å²) in [6.45, 7) is 0.461. The number of carbonyl (C=O) groups excluding carboxylic acids is 1. The molecule has 0 radical (unpaired) electrons. The maximum absolute atomic E-state index is 11.5. The van der Waals surface area contributed by atoms with Crippen LogP contribution in [0.25, 0.3) is 0 Å². The molecular weight excluding hydrogens is 238 g/mol. The Morgan fingerprint density at radius 3 is 2.88 bits per heavy atom. The molecule has 0 aliphatic heterocycles. The lowest BCUT2D eigenvalue weighted by Gasteiger charge is -2.01. The van der Waals surface area contributed by atoms with Gasteiger partial charge in [0.2, 0.25) is 0 Å². The van der Waals surface area contributed by atoms with Gasteiger partial charge in [0.05, 0.1) is 11.4 Å². The monoisotopic (exact) mass is 249 g/mol. The predicted octanol–water partition coefficient (Wildman–Crippen LogP) is 0.562. The summed E-state index contributed by atoms with van der Waals surface area (Å²) in [6.07, 6.45) is 1.71. The molecule has 0 aliphatic carbocycles. The van der Waals surface area contributed by atoms with Gasteiger partial charge in [-0.05, 0) is 18.2 Å². The number of nitrogens with two attached hydrogens (primary N) is 1. The van der Waals surface area contributed by atoms with E-state index >= 15 is 0 Å². The molecule has 0 fully saturated rings. The first-order valence-corrected chi connectivity index (χ1v) is 5.77. The van der Waals surface area contributed by atoms with Gasteiger partial charge in [-0.2, -0.15) is 0 Å². The third-order valence-corrected chi connectivity index (χ3v) is 3.31. The van der Waals surface area contributed by atoms with Crippen LogP contribution in [0.2, 0.25) is 0 Å². The molecule has 3 N–H and O–H groups in total. The lowest BCUT2D eigenvalue weighted by molar-refractivity contribution is 0.0957. The standard InChI is InChI=1S/C11H11N3O2S/c12-13-11(16)9-5-4-8(17-9)7-14-6-2-1-3-10(14)15/h1-6H,7,12H2,(H,13,16). The van der Waals surface area contributed by atoms with Crippen LogP contribution in [0.15, 0.2) is 41.3 Å². The number of nitrogen functional groups attached to an aromatic ring is 1. The summed E-state index contributed by atoms with van der Waals surface area (Å²) < 4.78 is 1.58. The van der Waals surface area contributed by atoms with E-state index in [1.165, 1.54) is 17.4 Å². The van der Waals surface area contributed by atoms with Crippen molar-refractivity contribution in [3.63, 3.8) is 0 Å². The number of pyridine rings is 1. The Bertz CT molecular complexity index is 588. The van der Waals surface area contributed by atoms with E-state index in [9.17, 15) is 9.59 Å². The second-order valence-electron chi connectivity index (χ2n) is 3.41. The number of nitrogens with zero attached hydrogens (tertiary/aromatic N) is 1. The minimum absolute atomic E-state index is 0.0641. The van der Waals surface area contributed by atoms with Gasteiger partial charge in [0.15, 0.2) is 0 Å². The third kappa shape index (κ3) is 2.61. The average Bonchev–Trinajstić information content (AvgIpc) is 2.80. The zero-order valence-corrected chi connectivity index (χ0v) is 9.74. The molecule has 0 spiro atoms. The molecule has 6 heteroatoms. The van der Waals surface area contributed by atoms with Crippen molar-refractivity contribution in [1.82, 2.24) is 9.99 Å². The number of aromatic nitrogens is 1. The van der Waals surface area contributed by atoms with Crippen LogP contribution in [0.4, 0.5) is 0 Å². The molecule has 0 saturated heterocycles. The van der Waals surface area contributed by atoms with Crippen LogP contribution < -0.4 is 16.8 Å². The van der Waals surface area contributed by atoms with Crippen LogP contribution >= 0.6 is 11.3 Å². The molecule has 88 valence electrons. The van der Waals surface area contributed by atoms with Crippen molar-refractivity contribution >= 4 is 17.2 Å². The molecule has 0 bridgehead atoms. The van der Waals surface area contributed by atoms with E-state index in [1.807, 2.05) is 6.07 Å². The van der Waals surface area contributed by atoms with Crippen molar-refractivity contribution in [1.29, 1.82) is 0 Å². The minimum atomic E-state index is -0.318. The topological polar surface area (TPSA) is 77.1 Å².